The molecule has 0 aromatic heterocycles. The van der Waals surface area contributed by atoms with Crippen LogP contribution in [0.4, 0.5) is 5.69 Å². The second-order valence-corrected chi connectivity index (χ2v) is 7.44. The molecule has 0 saturated heterocycles. The number of nitrogens with one attached hydrogen (secondary N) is 2. The number of hydrogen-bond donors (Lipinski definition) is 2. The van der Waals surface area contributed by atoms with E-state index in [0.717, 1.165) is 18.4 Å². The normalized spacial score (nSPS) is 22.3. The first kappa shape index (κ1) is 20.5. The van der Waals surface area contributed by atoms with Crippen molar-refractivity contribution in [1.29, 1.82) is 5.26 Å². The molecule has 2 N–H and O–H groups in total. The fourth-order valence-corrected chi connectivity index (χ4v) is 3.89. The molecule has 1 saturated carbocycles. The highest BCUT2D eigenvalue weighted by Gasteiger charge is 2.43. The average molecular weight is 392 g/mol. The number of carbonyl (C=O) groups excluding carboxylic acids is 1. The second kappa shape index (κ2) is 8.84. The van der Waals surface area contributed by atoms with Gasteiger partial charge in [-0.1, -0.05) is 43.2 Å². The summed E-state index contributed by atoms with van der Waals surface area (Å²) in [6.07, 6.45) is 3.18. The van der Waals surface area contributed by atoms with Crippen LogP contribution in [0, 0.1) is 21.4 Å². The van der Waals surface area contributed by atoms with Crippen LogP contribution < -0.4 is 10.6 Å². The highest BCUT2D eigenvalue weighted by Crippen LogP contribution is 2.31. The van der Waals surface area contributed by atoms with Crippen molar-refractivity contribution < 1.29 is 9.72 Å². The van der Waals surface area contributed by atoms with Crippen LogP contribution in [0.15, 0.2) is 54.6 Å². The minimum atomic E-state index is -0.871. The molecule has 0 unspecified atom stereocenters. The van der Waals surface area contributed by atoms with Crippen LogP contribution in [0.3, 0.4) is 0 Å². The molecule has 3 atom stereocenters. The molecule has 2 aromatic rings. The van der Waals surface area contributed by atoms with E-state index in [-0.39, 0.29) is 23.7 Å². The molecule has 1 fully saturated rings. The van der Waals surface area contributed by atoms with Crippen molar-refractivity contribution >= 4 is 11.6 Å². The lowest BCUT2D eigenvalue weighted by Gasteiger charge is -2.41. The van der Waals surface area contributed by atoms with Crippen LogP contribution in [-0.2, 0) is 0 Å². The third-order valence-corrected chi connectivity index (χ3v) is 5.53. The van der Waals surface area contributed by atoms with Crippen molar-refractivity contribution in [2.24, 2.45) is 0 Å². The van der Waals surface area contributed by atoms with E-state index >= 15 is 0 Å². The molecule has 1 amide bonds. The van der Waals surface area contributed by atoms with E-state index < -0.39 is 10.5 Å². The van der Waals surface area contributed by atoms with Crippen molar-refractivity contribution in [3.8, 4) is 6.07 Å². The molecule has 1 aliphatic rings. The van der Waals surface area contributed by atoms with Gasteiger partial charge in [-0.3, -0.25) is 20.2 Å². The second-order valence-electron chi connectivity index (χ2n) is 7.44. The van der Waals surface area contributed by atoms with E-state index in [1.54, 1.807) is 0 Å². The Kier molecular flexibility index (Phi) is 6.25. The Morgan fingerprint density at radius 1 is 1.21 bits per heavy atom. The molecule has 150 valence electrons. The Balaban J connectivity index is 1.77. The number of nitrogens with zero attached hydrogens (tertiary/aromatic N) is 2. The average Bonchev–Trinajstić information content (AvgIpc) is 2.75. The van der Waals surface area contributed by atoms with Gasteiger partial charge in [0.2, 0.25) is 0 Å². The van der Waals surface area contributed by atoms with Gasteiger partial charge < -0.3 is 5.32 Å². The van der Waals surface area contributed by atoms with Gasteiger partial charge in [-0.2, -0.15) is 5.26 Å². The maximum absolute atomic E-state index is 12.7. The first-order valence-electron chi connectivity index (χ1n) is 9.74. The summed E-state index contributed by atoms with van der Waals surface area (Å²) in [5.41, 5.74) is 0.477. The predicted octanol–water partition coefficient (Wildman–Crippen LogP) is 3.88. The number of nitro benzene ring substituents is 1. The fraction of sp³-hybridized carbons (Fsp3) is 0.364. The van der Waals surface area contributed by atoms with Gasteiger partial charge in [0, 0.05) is 23.7 Å². The molecular weight excluding hydrogens is 368 g/mol. The fourth-order valence-electron chi connectivity index (χ4n) is 3.89. The first-order chi connectivity index (χ1) is 13.9. The molecule has 0 spiro atoms. The molecule has 7 heteroatoms. The molecule has 2 aromatic carbocycles. The molecule has 0 bridgehead atoms. The zero-order chi connectivity index (χ0) is 20.9. The van der Waals surface area contributed by atoms with Crippen LogP contribution >= 0.6 is 0 Å². The highest BCUT2D eigenvalue weighted by molar-refractivity contribution is 5.94. The Labute approximate surface area is 169 Å². The van der Waals surface area contributed by atoms with Gasteiger partial charge in [-0.05, 0) is 37.5 Å². The zero-order valence-electron chi connectivity index (χ0n) is 16.3. The largest absolute Gasteiger partial charge is 0.346 e. The maximum Gasteiger partial charge on any atom is 0.269 e. The van der Waals surface area contributed by atoms with Gasteiger partial charge in [-0.15, -0.1) is 0 Å². The first-order valence-corrected chi connectivity index (χ1v) is 9.74. The van der Waals surface area contributed by atoms with Gasteiger partial charge >= 0.3 is 0 Å². The van der Waals surface area contributed by atoms with Crippen molar-refractivity contribution in [2.45, 2.75) is 50.2 Å². The third-order valence-electron chi connectivity index (χ3n) is 5.53. The SMILES string of the molecule is C[C@@H](N[C@@]1(C#N)CCCC[C@H]1NC(=O)c1ccc([N+](=O)[O-])cc1)c1ccccc1. The zero-order valence-corrected chi connectivity index (χ0v) is 16.3. The Bertz CT molecular complexity index is 908. The van der Waals surface area contributed by atoms with E-state index in [9.17, 15) is 20.2 Å². The molecule has 7 nitrogen and oxygen atoms in total. The molecule has 29 heavy (non-hydrogen) atoms. The van der Waals surface area contributed by atoms with Gasteiger partial charge in [0.15, 0.2) is 0 Å². The van der Waals surface area contributed by atoms with Crippen LogP contribution in [0.2, 0.25) is 0 Å². The maximum atomic E-state index is 12.7. The van der Waals surface area contributed by atoms with Crippen molar-refractivity contribution in [2.75, 3.05) is 0 Å². The highest BCUT2D eigenvalue weighted by atomic mass is 16.6. The lowest BCUT2D eigenvalue weighted by Crippen LogP contribution is -2.62. The van der Waals surface area contributed by atoms with E-state index in [2.05, 4.69) is 16.7 Å². The van der Waals surface area contributed by atoms with E-state index in [1.165, 1.54) is 24.3 Å². The van der Waals surface area contributed by atoms with Gasteiger partial charge in [-0.25, -0.2) is 0 Å². The minimum Gasteiger partial charge on any atom is -0.346 e. The van der Waals surface area contributed by atoms with Crippen LogP contribution in [0.5, 0.6) is 0 Å². The molecule has 0 heterocycles. The van der Waals surface area contributed by atoms with E-state index in [1.807, 2.05) is 37.3 Å². The Morgan fingerprint density at radius 2 is 1.90 bits per heavy atom. The number of hydrogen-bond acceptors (Lipinski definition) is 5. The van der Waals surface area contributed by atoms with Gasteiger partial charge in [0.05, 0.1) is 17.0 Å². The Hall–Kier alpha value is -3.24. The summed E-state index contributed by atoms with van der Waals surface area (Å²) >= 11 is 0. The van der Waals surface area contributed by atoms with Crippen LogP contribution in [0.25, 0.3) is 0 Å². The molecular formula is C22H24N4O3. The number of rotatable bonds is 6. The van der Waals surface area contributed by atoms with Gasteiger partial charge in [0.1, 0.15) is 5.54 Å². The van der Waals surface area contributed by atoms with E-state index in [0.29, 0.717) is 18.4 Å². The number of nitro groups is 1. The van der Waals surface area contributed by atoms with Gasteiger partial charge in [0.25, 0.3) is 11.6 Å². The molecule has 0 aliphatic heterocycles. The summed E-state index contributed by atoms with van der Waals surface area (Å²) in [7, 11) is 0. The van der Waals surface area contributed by atoms with Crippen molar-refractivity contribution in [1.82, 2.24) is 10.6 Å². The number of amides is 1. The summed E-state index contributed by atoms with van der Waals surface area (Å²) in [6.45, 7) is 2.01. The number of nitriles is 1. The lowest BCUT2D eigenvalue weighted by atomic mass is 9.77. The number of non-ortho nitro benzene ring substituents is 1. The van der Waals surface area contributed by atoms with E-state index in [4.69, 9.17) is 0 Å². The third kappa shape index (κ3) is 4.61. The van der Waals surface area contributed by atoms with Crippen LogP contribution in [0.1, 0.15) is 54.6 Å². The lowest BCUT2D eigenvalue weighted by molar-refractivity contribution is -0.384. The summed E-state index contributed by atoms with van der Waals surface area (Å²) in [6, 6.07) is 17.4. The van der Waals surface area contributed by atoms with Crippen molar-refractivity contribution in [3.05, 3.63) is 75.8 Å². The smallest absolute Gasteiger partial charge is 0.269 e. The summed E-state index contributed by atoms with van der Waals surface area (Å²) in [4.78, 5) is 23.0. The monoisotopic (exact) mass is 392 g/mol. The summed E-state index contributed by atoms with van der Waals surface area (Å²) in [5.74, 6) is -0.333. The molecule has 1 aliphatic carbocycles. The number of carbonyl (C=O) groups is 1. The minimum absolute atomic E-state index is 0.0484. The Morgan fingerprint density at radius 3 is 2.52 bits per heavy atom. The summed E-state index contributed by atoms with van der Waals surface area (Å²) < 4.78 is 0. The van der Waals surface area contributed by atoms with Crippen molar-refractivity contribution in [3.63, 3.8) is 0 Å². The quantitative estimate of drug-likeness (QED) is 0.573. The number of benzene rings is 2. The topological polar surface area (TPSA) is 108 Å². The predicted molar refractivity (Wildman–Crippen MR) is 109 cm³/mol. The molecule has 3 rings (SSSR count). The summed E-state index contributed by atoms with van der Waals surface area (Å²) in [5, 5.41) is 27.3. The molecule has 0 radical (unpaired) electrons. The standard InChI is InChI=1S/C22H24N4O3/c1-16(17-7-3-2-4-8-17)25-22(15-23)14-6-5-9-20(22)24-21(27)18-10-12-19(13-11-18)26(28)29/h2-4,7-8,10-13,16,20,25H,5-6,9,14H2,1H3,(H,24,27)/t16-,20-,22-/m1/s1. The van der Waals surface area contributed by atoms with Crippen LogP contribution in [-0.4, -0.2) is 22.4 Å².